The molecule has 0 spiro atoms. The lowest BCUT2D eigenvalue weighted by Crippen LogP contribution is -1.83. The van der Waals surface area contributed by atoms with Gasteiger partial charge in [0.1, 0.15) is 0 Å². The van der Waals surface area contributed by atoms with Crippen molar-refractivity contribution in [2.75, 3.05) is 5.75 Å². The summed E-state index contributed by atoms with van der Waals surface area (Å²) in [5.41, 5.74) is 2.53. The van der Waals surface area contributed by atoms with Crippen molar-refractivity contribution in [1.82, 2.24) is 0 Å². The van der Waals surface area contributed by atoms with Gasteiger partial charge in [0.05, 0.1) is 0 Å². The minimum Gasteiger partial charge on any atom is -0.143 e. The van der Waals surface area contributed by atoms with Crippen LogP contribution in [0.15, 0.2) is 58.3 Å². The van der Waals surface area contributed by atoms with Crippen molar-refractivity contribution in [3.63, 3.8) is 0 Å². The molecule has 0 N–H and O–H groups in total. The van der Waals surface area contributed by atoms with Crippen molar-refractivity contribution in [2.45, 2.75) is 55.2 Å². The van der Waals surface area contributed by atoms with E-state index < -0.39 is 0 Å². The molecule has 0 saturated heterocycles. The van der Waals surface area contributed by atoms with E-state index in [2.05, 4.69) is 56.0 Å². The van der Waals surface area contributed by atoms with Crippen LogP contribution in [0.2, 0.25) is 0 Å². The van der Waals surface area contributed by atoms with E-state index in [1.807, 2.05) is 23.9 Å². The second-order valence-corrected chi connectivity index (χ2v) is 7.37. The van der Waals surface area contributed by atoms with Crippen LogP contribution in [-0.2, 0) is 0 Å². The van der Waals surface area contributed by atoms with Crippen LogP contribution in [0.4, 0.5) is 0 Å². The molecule has 0 aliphatic rings. The number of thiol groups is 1. The summed E-state index contributed by atoms with van der Waals surface area (Å²) >= 11 is 6.31. The van der Waals surface area contributed by atoms with Gasteiger partial charge in [-0.25, -0.2) is 0 Å². The highest BCUT2D eigenvalue weighted by atomic mass is 32.2. The first-order chi connectivity index (χ1) is 10.8. The molecule has 2 heteroatoms. The molecular weight excluding hydrogens is 304 g/mol. The van der Waals surface area contributed by atoms with Crippen molar-refractivity contribution in [1.29, 1.82) is 0 Å². The second kappa shape index (κ2) is 10.0. The van der Waals surface area contributed by atoms with E-state index >= 15 is 0 Å². The predicted octanol–water partition coefficient (Wildman–Crippen LogP) is 7.09. The van der Waals surface area contributed by atoms with E-state index in [1.165, 1.54) is 60.3 Å². The molecule has 0 bridgehead atoms. The van der Waals surface area contributed by atoms with Crippen molar-refractivity contribution < 1.29 is 0 Å². The van der Waals surface area contributed by atoms with Crippen LogP contribution in [0.1, 0.15) is 45.4 Å². The maximum atomic E-state index is 4.33. The summed E-state index contributed by atoms with van der Waals surface area (Å²) in [5.74, 6) is 1.24. The zero-order valence-electron chi connectivity index (χ0n) is 13.4. The monoisotopic (exact) mass is 330 g/mol. The average molecular weight is 331 g/mol. The average Bonchev–Trinajstić information content (AvgIpc) is 2.55. The fourth-order valence-electron chi connectivity index (χ4n) is 2.47. The van der Waals surface area contributed by atoms with Gasteiger partial charge in [0, 0.05) is 9.79 Å². The fourth-order valence-corrected chi connectivity index (χ4v) is 3.53. The Hall–Kier alpha value is -0.860. The zero-order valence-corrected chi connectivity index (χ0v) is 15.1. The molecule has 0 saturated carbocycles. The van der Waals surface area contributed by atoms with E-state index in [0.717, 1.165) is 4.90 Å². The number of thioether (sulfide) groups is 1. The highest BCUT2D eigenvalue weighted by Crippen LogP contribution is 2.25. The van der Waals surface area contributed by atoms with Crippen molar-refractivity contribution in [3.8, 4) is 11.1 Å². The summed E-state index contributed by atoms with van der Waals surface area (Å²) in [5, 5.41) is 0. The Labute approximate surface area is 145 Å². The summed E-state index contributed by atoms with van der Waals surface area (Å²) in [6.45, 7) is 2.27. The van der Waals surface area contributed by atoms with Crippen molar-refractivity contribution in [3.05, 3.63) is 48.5 Å². The predicted molar refractivity (Wildman–Crippen MR) is 103 cm³/mol. The van der Waals surface area contributed by atoms with Crippen LogP contribution in [-0.4, -0.2) is 5.75 Å². The number of hydrogen-bond acceptors (Lipinski definition) is 2. The van der Waals surface area contributed by atoms with Gasteiger partial charge in [-0.3, -0.25) is 0 Å². The largest absolute Gasteiger partial charge is 0.143 e. The zero-order chi connectivity index (χ0) is 15.6. The molecule has 0 fully saturated rings. The quantitative estimate of drug-likeness (QED) is 0.291. The Balaban J connectivity index is 1.74. The maximum Gasteiger partial charge on any atom is 0.00723 e. The highest BCUT2D eigenvalue weighted by Gasteiger charge is 1.99. The van der Waals surface area contributed by atoms with Crippen LogP contribution in [0.25, 0.3) is 11.1 Å². The number of unbranched alkanes of at least 4 members (excludes halogenated alkanes) is 5. The first-order valence-electron chi connectivity index (χ1n) is 8.32. The van der Waals surface area contributed by atoms with Gasteiger partial charge in [-0.2, -0.15) is 0 Å². The van der Waals surface area contributed by atoms with E-state index in [4.69, 9.17) is 0 Å². The molecule has 0 aliphatic carbocycles. The number of hydrogen-bond donors (Lipinski definition) is 1. The Bertz CT molecular complexity index is 529. The van der Waals surface area contributed by atoms with E-state index in [-0.39, 0.29) is 0 Å². The third kappa shape index (κ3) is 6.10. The maximum absolute atomic E-state index is 4.33. The van der Waals surface area contributed by atoms with Gasteiger partial charge in [0.25, 0.3) is 0 Å². The Morgan fingerprint density at radius 3 is 1.91 bits per heavy atom. The van der Waals surface area contributed by atoms with E-state index in [1.54, 1.807) is 0 Å². The van der Waals surface area contributed by atoms with Crippen LogP contribution in [0.5, 0.6) is 0 Å². The van der Waals surface area contributed by atoms with E-state index in [9.17, 15) is 0 Å². The van der Waals surface area contributed by atoms with Gasteiger partial charge in [-0.1, -0.05) is 63.3 Å². The van der Waals surface area contributed by atoms with Crippen LogP contribution in [0.3, 0.4) is 0 Å². The Kier molecular flexibility index (Phi) is 7.96. The molecule has 0 radical (unpaired) electrons. The summed E-state index contributed by atoms with van der Waals surface area (Å²) in [7, 11) is 0. The fraction of sp³-hybridized carbons (Fsp3) is 0.400. The molecule has 22 heavy (non-hydrogen) atoms. The normalized spacial score (nSPS) is 10.8. The highest BCUT2D eigenvalue weighted by molar-refractivity contribution is 7.99. The van der Waals surface area contributed by atoms with Crippen LogP contribution < -0.4 is 0 Å². The van der Waals surface area contributed by atoms with Gasteiger partial charge < -0.3 is 0 Å². The van der Waals surface area contributed by atoms with Crippen LogP contribution >= 0.6 is 24.4 Å². The molecule has 0 aromatic heterocycles. The van der Waals surface area contributed by atoms with Gasteiger partial charge in [-0.05, 0) is 47.6 Å². The summed E-state index contributed by atoms with van der Waals surface area (Å²) in [6, 6.07) is 17.3. The van der Waals surface area contributed by atoms with Gasteiger partial charge in [0.15, 0.2) is 0 Å². The third-order valence-corrected chi connectivity index (χ3v) is 5.22. The van der Waals surface area contributed by atoms with Crippen LogP contribution in [0, 0.1) is 0 Å². The molecule has 0 amide bonds. The Morgan fingerprint density at radius 1 is 0.727 bits per heavy atom. The van der Waals surface area contributed by atoms with Gasteiger partial charge in [-0.15, -0.1) is 24.4 Å². The van der Waals surface area contributed by atoms with E-state index in [0.29, 0.717) is 0 Å². The minimum absolute atomic E-state index is 1.01. The van der Waals surface area contributed by atoms with Gasteiger partial charge in [0.2, 0.25) is 0 Å². The first-order valence-corrected chi connectivity index (χ1v) is 9.75. The first kappa shape index (κ1) is 17.5. The molecule has 0 aliphatic heterocycles. The SMILES string of the molecule is CCCCCCCCSc1ccc(-c2ccc(S)cc2)cc1. The van der Waals surface area contributed by atoms with Gasteiger partial charge >= 0.3 is 0 Å². The summed E-state index contributed by atoms with van der Waals surface area (Å²) < 4.78 is 0. The standard InChI is InChI=1S/C20H26S2/c1-2-3-4-5-6-7-16-22-20-14-10-18(11-15-20)17-8-12-19(21)13-9-17/h8-15,21H,2-7,16H2,1H3. The topological polar surface area (TPSA) is 0 Å². The van der Waals surface area contributed by atoms with Crippen molar-refractivity contribution in [2.24, 2.45) is 0 Å². The smallest absolute Gasteiger partial charge is 0.00723 e. The molecule has 2 aromatic rings. The third-order valence-electron chi connectivity index (χ3n) is 3.82. The lowest BCUT2D eigenvalue weighted by molar-refractivity contribution is 0.627. The Morgan fingerprint density at radius 2 is 1.27 bits per heavy atom. The molecular formula is C20H26S2. The molecule has 0 atom stereocenters. The summed E-state index contributed by atoms with van der Waals surface area (Å²) in [6.07, 6.45) is 8.23. The number of benzene rings is 2. The lowest BCUT2D eigenvalue weighted by Gasteiger charge is -2.05. The van der Waals surface area contributed by atoms with Crippen molar-refractivity contribution >= 4 is 24.4 Å². The molecule has 0 nitrogen and oxygen atoms in total. The molecule has 118 valence electrons. The summed E-state index contributed by atoms with van der Waals surface area (Å²) in [4.78, 5) is 2.39. The molecule has 0 heterocycles. The minimum atomic E-state index is 1.01. The molecule has 2 rings (SSSR count). The molecule has 0 unspecified atom stereocenters. The lowest BCUT2D eigenvalue weighted by atomic mass is 10.1. The number of rotatable bonds is 9. The second-order valence-electron chi connectivity index (χ2n) is 5.69. The molecule has 2 aromatic carbocycles.